The molecule has 1 aliphatic heterocycles. The lowest BCUT2D eigenvalue weighted by atomic mass is 9.89. The highest BCUT2D eigenvalue weighted by Gasteiger charge is 2.64. The van der Waals surface area contributed by atoms with Crippen molar-refractivity contribution in [1.82, 2.24) is 9.78 Å². The van der Waals surface area contributed by atoms with Gasteiger partial charge in [0.1, 0.15) is 11.6 Å². The van der Waals surface area contributed by atoms with E-state index in [4.69, 9.17) is 5.14 Å². The van der Waals surface area contributed by atoms with Crippen LogP contribution in [0.4, 0.5) is 14.5 Å². The summed E-state index contributed by atoms with van der Waals surface area (Å²) in [6.07, 6.45) is 2.45. The SMILES string of the molecule is NS(=O)(=O)C1([C@H]2CC(=O)N(c3ccc4c(cnn4-c4ccc(F)cc4)c3)[C@H]2c2ccc(F)cc2)CC1. The first-order chi connectivity index (χ1) is 17.2. The van der Waals surface area contributed by atoms with E-state index >= 15 is 0 Å². The van der Waals surface area contributed by atoms with E-state index in [9.17, 15) is 22.0 Å². The zero-order valence-electron chi connectivity index (χ0n) is 19.0. The predicted molar refractivity (Wildman–Crippen MR) is 131 cm³/mol. The number of carbonyl (C=O) groups is 1. The van der Waals surface area contributed by atoms with Crippen molar-refractivity contribution >= 4 is 32.5 Å². The molecule has 2 aliphatic rings. The third-order valence-corrected chi connectivity index (χ3v) is 9.26. The summed E-state index contributed by atoms with van der Waals surface area (Å²) in [5.74, 6) is -1.56. The Morgan fingerprint density at radius 2 is 1.53 bits per heavy atom. The molecule has 0 spiro atoms. The molecule has 2 fully saturated rings. The number of carbonyl (C=O) groups excluding carboxylic acids is 1. The molecule has 1 saturated heterocycles. The topological polar surface area (TPSA) is 98.3 Å². The Morgan fingerprint density at radius 1 is 0.917 bits per heavy atom. The van der Waals surface area contributed by atoms with Crippen molar-refractivity contribution in [3.05, 3.63) is 90.1 Å². The quantitative estimate of drug-likeness (QED) is 0.436. The number of nitrogens with zero attached hydrogens (tertiary/aromatic N) is 3. The highest BCUT2D eigenvalue weighted by atomic mass is 32.2. The number of nitrogens with two attached hydrogens (primary N) is 1. The highest BCUT2D eigenvalue weighted by molar-refractivity contribution is 7.90. The Labute approximate surface area is 206 Å². The number of amides is 1. The fourth-order valence-electron chi connectivity index (χ4n) is 5.50. The van der Waals surface area contributed by atoms with Gasteiger partial charge in [0.05, 0.1) is 28.2 Å². The lowest BCUT2D eigenvalue weighted by Gasteiger charge is -2.32. The third-order valence-electron chi connectivity index (χ3n) is 7.42. The van der Waals surface area contributed by atoms with E-state index in [1.54, 1.807) is 46.1 Å². The molecule has 2 atom stereocenters. The van der Waals surface area contributed by atoms with Crippen LogP contribution >= 0.6 is 0 Å². The van der Waals surface area contributed by atoms with Crippen molar-refractivity contribution in [2.45, 2.75) is 30.1 Å². The number of hydrogen-bond acceptors (Lipinski definition) is 4. The van der Waals surface area contributed by atoms with Crippen molar-refractivity contribution in [3.63, 3.8) is 0 Å². The molecule has 2 N–H and O–H groups in total. The smallest absolute Gasteiger partial charge is 0.227 e. The second-order valence-corrected chi connectivity index (χ2v) is 11.4. The van der Waals surface area contributed by atoms with Gasteiger partial charge in [0.15, 0.2) is 0 Å². The Bertz CT molecular complexity index is 1600. The minimum absolute atomic E-state index is 0.0192. The van der Waals surface area contributed by atoms with E-state index < -0.39 is 32.5 Å². The Morgan fingerprint density at radius 3 is 2.14 bits per heavy atom. The van der Waals surface area contributed by atoms with Crippen molar-refractivity contribution in [2.24, 2.45) is 11.1 Å². The molecular weight excluding hydrogens is 486 g/mol. The molecule has 36 heavy (non-hydrogen) atoms. The van der Waals surface area contributed by atoms with Gasteiger partial charge in [-0.1, -0.05) is 12.1 Å². The van der Waals surface area contributed by atoms with Crippen molar-refractivity contribution in [1.29, 1.82) is 0 Å². The van der Waals surface area contributed by atoms with Gasteiger partial charge in [-0.05, 0) is 73.0 Å². The molecule has 7 nitrogen and oxygen atoms in total. The molecule has 2 heterocycles. The Kier molecular flexibility index (Phi) is 5.03. The first kappa shape index (κ1) is 22.8. The normalized spacial score (nSPS) is 21.3. The monoisotopic (exact) mass is 508 g/mol. The van der Waals surface area contributed by atoms with Crippen molar-refractivity contribution < 1.29 is 22.0 Å². The molecule has 10 heteroatoms. The summed E-state index contributed by atoms with van der Waals surface area (Å²) in [4.78, 5) is 15.0. The molecule has 1 aromatic heterocycles. The second-order valence-electron chi connectivity index (χ2n) is 9.46. The highest BCUT2D eigenvalue weighted by Crippen LogP contribution is 2.58. The Hall–Kier alpha value is -3.63. The van der Waals surface area contributed by atoms with Gasteiger partial charge in [-0.3, -0.25) is 4.79 Å². The first-order valence-electron chi connectivity index (χ1n) is 11.5. The van der Waals surface area contributed by atoms with Crippen LogP contribution in [0.15, 0.2) is 72.9 Å². The molecule has 1 amide bonds. The number of halogens is 2. The van der Waals surface area contributed by atoms with Crippen LogP contribution in [0.3, 0.4) is 0 Å². The van der Waals surface area contributed by atoms with Gasteiger partial charge in [0.2, 0.25) is 15.9 Å². The molecule has 4 aromatic rings. The van der Waals surface area contributed by atoms with Gasteiger partial charge in [-0.2, -0.15) is 5.10 Å². The number of fused-ring (bicyclic) bond motifs is 1. The number of benzene rings is 3. The molecule has 1 aliphatic carbocycles. The van der Waals surface area contributed by atoms with Crippen molar-refractivity contribution in [2.75, 3.05) is 4.90 Å². The van der Waals surface area contributed by atoms with Gasteiger partial charge in [-0.15, -0.1) is 0 Å². The molecule has 184 valence electrons. The standard InChI is InChI=1S/C26H22F2N4O3S/c27-18-3-1-16(2-4-18)25-22(26(11-12-26)36(29,34)35)14-24(33)31(25)21-9-10-23-17(13-21)15-30-32(23)20-7-5-19(28)6-8-20/h1-10,13,15,22,25H,11-12,14H2,(H2,29,34,35)/t22-,25-/m0/s1. The van der Waals surface area contributed by atoms with Crippen LogP contribution in [-0.2, 0) is 14.8 Å². The van der Waals surface area contributed by atoms with Crippen LogP contribution in [0.2, 0.25) is 0 Å². The zero-order chi connectivity index (χ0) is 25.2. The predicted octanol–water partition coefficient (Wildman–Crippen LogP) is 4.22. The van der Waals surface area contributed by atoms with Gasteiger partial charge in [-0.25, -0.2) is 27.0 Å². The molecular formula is C26H22F2N4O3S. The number of rotatable bonds is 5. The molecule has 0 radical (unpaired) electrons. The van der Waals surface area contributed by atoms with Crippen LogP contribution in [0.25, 0.3) is 16.6 Å². The Balaban J connectivity index is 1.45. The van der Waals surface area contributed by atoms with Crippen LogP contribution < -0.4 is 10.0 Å². The van der Waals surface area contributed by atoms with Gasteiger partial charge < -0.3 is 4.90 Å². The fraction of sp³-hybridized carbons (Fsp3) is 0.231. The van der Waals surface area contributed by atoms with E-state index in [-0.39, 0.29) is 18.1 Å². The third kappa shape index (κ3) is 3.51. The number of sulfonamides is 1. The van der Waals surface area contributed by atoms with E-state index in [0.717, 1.165) is 10.9 Å². The van der Waals surface area contributed by atoms with Gasteiger partial charge in [0.25, 0.3) is 0 Å². The number of primary sulfonamides is 1. The maximum atomic E-state index is 13.7. The van der Waals surface area contributed by atoms with E-state index in [0.29, 0.717) is 29.8 Å². The van der Waals surface area contributed by atoms with E-state index in [1.165, 1.54) is 24.3 Å². The maximum Gasteiger partial charge on any atom is 0.227 e. The summed E-state index contributed by atoms with van der Waals surface area (Å²) in [7, 11) is -3.91. The van der Waals surface area contributed by atoms with Crippen LogP contribution in [-0.4, -0.2) is 28.9 Å². The van der Waals surface area contributed by atoms with Crippen LogP contribution in [0.5, 0.6) is 0 Å². The fourth-order valence-corrected chi connectivity index (χ4v) is 6.81. The average Bonchev–Trinajstić information content (AvgIpc) is 3.46. The molecule has 3 aromatic carbocycles. The summed E-state index contributed by atoms with van der Waals surface area (Å²) in [5.41, 5.74) is 2.66. The minimum atomic E-state index is -3.91. The largest absolute Gasteiger partial charge is 0.305 e. The molecule has 0 unspecified atom stereocenters. The number of hydrogen-bond donors (Lipinski definition) is 1. The summed E-state index contributed by atoms with van der Waals surface area (Å²) in [5, 5.41) is 10.8. The average molecular weight is 509 g/mol. The summed E-state index contributed by atoms with van der Waals surface area (Å²) < 4.78 is 52.7. The maximum absolute atomic E-state index is 13.7. The van der Waals surface area contributed by atoms with Crippen LogP contribution in [0.1, 0.15) is 30.9 Å². The zero-order valence-corrected chi connectivity index (χ0v) is 19.8. The van der Waals surface area contributed by atoms with Crippen molar-refractivity contribution in [3.8, 4) is 5.69 Å². The summed E-state index contributed by atoms with van der Waals surface area (Å²) in [6, 6.07) is 16.5. The van der Waals surface area contributed by atoms with Gasteiger partial charge in [0, 0.05) is 23.4 Å². The van der Waals surface area contributed by atoms with E-state index in [2.05, 4.69) is 5.10 Å². The lowest BCUT2D eigenvalue weighted by molar-refractivity contribution is -0.117. The summed E-state index contributed by atoms with van der Waals surface area (Å²) >= 11 is 0. The summed E-state index contributed by atoms with van der Waals surface area (Å²) in [6.45, 7) is 0. The lowest BCUT2D eigenvalue weighted by Crippen LogP contribution is -2.40. The number of aromatic nitrogens is 2. The van der Waals surface area contributed by atoms with Crippen LogP contribution in [0, 0.1) is 17.6 Å². The number of anilines is 1. The van der Waals surface area contributed by atoms with E-state index in [1.807, 2.05) is 12.1 Å². The first-order valence-corrected chi connectivity index (χ1v) is 13.1. The molecule has 0 bridgehead atoms. The second kappa shape index (κ2) is 7.94. The minimum Gasteiger partial charge on any atom is -0.305 e. The molecule has 1 saturated carbocycles. The molecule has 6 rings (SSSR count). The van der Waals surface area contributed by atoms with Gasteiger partial charge >= 0.3 is 0 Å².